The Bertz CT molecular complexity index is 585. The quantitative estimate of drug-likeness (QED) is 0.691. The smallest absolute Gasteiger partial charge is 0.340 e. The van der Waals surface area contributed by atoms with Gasteiger partial charge in [-0.05, 0) is 46.3 Å². The van der Waals surface area contributed by atoms with Gasteiger partial charge in [0, 0.05) is 10.6 Å². The highest BCUT2D eigenvalue weighted by molar-refractivity contribution is 9.11. The van der Waals surface area contributed by atoms with Crippen LogP contribution in [0.5, 0.6) is 0 Å². The SMILES string of the molecule is Nc1cc(F)ccc1C(=O)OCc1ccc(Br)s1. The zero-order valence-corrected chi connectivity index (χ0v) is 11.6. The summed E-state index contributed by atoms with van der Waals surface area (Å²) in [6.45, 7) is 0.173. The number of thiophene rings is 1. The molecule has 6 heteroatoms. The molecule has 0 unspecified atom stereocenters. The monoisotopic (exact) mass is 329 g/mol. The zero-order chi connectivity index (χ0) is 13.1. The van der Waals surface area contributed by atoms with Crippen LogP contribution in [0.2, 0.25) is 0 Å². The first-order valence-electron chi connectivity index (χ1n) is 5.02. The van der Waals surface area contributed by atoms with Crippen LogP contribution in [0.25, 0.3) is 0 Å². The van der Waals surface area contributed by atoms with Crippen molar-refractivity contribution in [3.05, 3.63) is 50.4 Å². The van der Waals surface area contributed by atoms with Crippen molar-refractivity contribution in [3.8, 4) is 0 Å². The van der Waals surface area contributed by atoms with Crippen LogP contribution in [0, 0.1) is 5.82 Å². The van der Waals surface area contributed by atoms with Crippen molar-refractivity contribution in [1.29, 1.82) is 0 Å². The van der Waals surface area contributed by atoms with Gasteiger partial charge in [-0.25, -0.2) is 9.18 Å². The van der Waals surface area contributed by atoms with Gasteiger partial charge >= 0.3 is 5.97 Å². The van der Waals surface area contributed by atoms with E-state index in [1.807, 2.05) is 12.1 Å². The van der Waals surface area contributed by atoms with Crippen LogP contribution in [0.15, 0.2) is 34.1 Å². The lowest BCUT2D eigenvalue weighted by atomic mass is 10.2. The maximum absolute atomic E-state index is 12.8. The number of rotatable bonds is 3. The van der Waals surface area contributed by atoms with Gasteiger partial charge in [0.1, 0.15) is 12.4 Å². The van der Waals surface area contributed by atoms with Gasteiger partial charge in [0.25, 0.3) is 0 Å². The molecule has 94 valence electrons. The summed E-state index contributed by atoms with van der Waals surface area (Å²) in [5, 5.41) is 0. The van der Waals surface area contributed by atoms with Gasteiger partial charge in [-0.3, -0.25) is 0 Å². The highest BCUT2D eigenvalue weighted by Crippen LogP contribution is 2.23. The second-order valence-electron chi connectivity index (χ2n) is 3.51. The summed E-state index contributed by atoms with van der Waals surface area (Å²) in [7, 11) is 0. The Balaban J connectivity index is 2.03. The minimum Gasteiger partial charge on any atom is -0.456 e. The molecule has 1 heterocycles. The highest BCUT2D eigenvalue weighted by atomic mass is 79.9. The molecular weight excluding hydrogens is 321 g/mol. The van der Waals surface area contributed by atoms with E-state index >= 15 is 0 Å². The van der Waals surface area contributed by atoms with Gasteiger partial charge in [-0.15, -0.1) is 11.3 Å². The molecule has 0 bridgehead atoms. The van der Waals surface area contributed by atoms with Gasteiger partial charge in [-0.1, -0.05) is 0 Å². The van der Waals surface area contributed by atoms with Crippen LogP contribution in [0.1, 0.15) is 15.2 Å². The van der Waals surface area contributed by atoms with Crippen LogP contribution < -0.4 is 5.73 Å². The maximum atomic E-state index is 12.8. The molecule has 18 heavy (non-hydrogen) atoms. The van der Waals surface area contributed by atoms with Crippen molar-refractivity contribution >= 4 is 38.9 Å². The molecule has 0 aliphatic carbocycles. The van der Waals surface area contributed by atoms with E-state index in [0.717, 1.165) is 14.7 Å². The zero-order valence-electron chi connectivity index (χ0n) is 9.15. The Labute approximate surface area is 116 Å². The summed E-state index contributed by atoms with van der Waals surface area (Å²) in [5.74, 6) is -1.04. The third-order valence-electron chi connectivity index (χ3n) is 2.21. The van der Waals surface area contributed by atoms with Crippen molar-refractivity contribution in [1.82, 2.24) is 0 Å². The molecule has 0 fully saturated rings. The predicted octanol–water partition coefficient (Wildman–Crippen LogP) is 3.59. The van der Waals surface area contributed by atoms with Gasteiger partial charge in [0.05, 0.1) is 9.35 Å². The average molecular weight is 330 g/mol. The van der Waals surface area contributed by atoms with Crippen molar-refractivity contribution in [2.24, 2.45) is 0 Å². The third kappa shape index (κ3) is 3.08. The minimum absolute atomic E-state index is 0.0763. The largest absolute Gasteiger partial charge is 0.456 e. The fraction of sp³-hybridized carbons (Fsp3) is 0.0833. The summed E-state index contributed by atoms with van der Waals surface area (Å²) in [4.78, 5) is 12.6. The Morgan fingerprint density at radius 1 is 1.39 bits per heavy atom. The number of anilines is 1. The first-order chi connectivity index (χ1) is 8.56. The van der Waals surface area contributed by atoms with E-state index in [-0.39, 0.29) is 17.9 Å². The van der Waals surface area contributed by atoms with Gasteiger partial charge in [-0.2, -0.15) is 0 Å². The first-order valence-corrected chi connectivity index (χ1v) is 6.63. The normalized spacial score (nSPS) is 10.3. The maximum Gasteiger partial charge on any atom is 0.340 e. The van der Waals surface area contributed by atoms with E-state index < -0.39 is 11.8 Å². The van der Waals surface area contributed by atoms with Gasteiger partial charge in [0.15, 0.2) is 0 Å². The van der Waals surface area contributed by atoms with Crippen LogP contribution in [-0.4, -0.2) is 5.97 Å². The number of carbonyl (C=O) groups is 1. The molecule has 1 aromatic heterocycles. The van der Waals surface area contributed by atoms with Gasteiger partial charge < -0.3 is 10.5 Å². The van der Waals surface area contributed by atoms with Gasteiger partial charge in [0.2, 0.25) is 0 Å². The molecule has 1 aromatic carbocycles. The molecule has 2 aromatic rings. The van der Waals surface area contributed by atoms with Crippen molar-refractivity contribution < 1.29 is 13.9 Å². The Morgan fingerprint density at radius 3 is 2.78 bits per heavy atom. The summed E-state index contributed by atoms with van der Waals surface area (Å²) in [6, 6.07) is 7.32. The number of hydrogen-bond donors (Lipinski definition) is 1. The minimum atomic E-state index is -0.558. The number of halogens is 2. The molecule has 0 aliphatic rings. The van der Waals surface area contributed by atoms with Crippen LogP contribution in [-0.2, 0) is 11.3 Å². The Kier molecular flexibility index (Phi) is 3.98. The third-order valence-corrected chi connectivity index (χ3v) is 3.81. The lowest BCUT2D eigenvalue weighted by Crippen LogP contribution is -2.08. The number of benzene rings is 1. The van der Waals surface area contributed by atoms with E-state index in [0.29, 0.717) is 0 Å². The van der Waals surface area contributed by atoms with Crippen LogP contribution in [0.4, 0.5) is 10.1 Å². The molecule has 0 saturated carbocycles. The first kappa shape index (κ1) is 13.0. The fourth-order valence-corrected chi connectivity index (χ4v) is 2.76. The lowest BCUT2D eigenvalue weighted by Gasteiger charge is -2.05. The Hall–Kier alpha value is -1.40. The number of ether oxygens (including phenoxy) is 1. The molecule has 2 rings (SSSR count). The van der Waals surface area contributed by atoms with E-state index in [9.17, 15) is 9.18 Å². The van der Waals surface area contributed by atoms with E-state index in [1.54, 1.807) is 0 Å². The number of nitrogen functional groups attached to an aromatic ring is 1. The van der Waals surface area contributed by atoms with Crippen LogP contribution >= 0.6 is 27.3 Å². The molecular formula is C12H9BrFNO2S. The molecule has 0 saturated heterocycles. The topological polar surface area (TPSA) is 52.3 Å². The molecule has 0 spiro atoms. The van der Waals surface area contributed by atoms with E-state index in [1.165, 1.54) is 23.5 Å². The molecule has 0 aliphatic heterocycles. The molecule has 2 N–H and O–H groups in total. The fourth-order valence-electron chi connectivity index (χ4n) is 1.36. The number of esters is 1. The Morgan fingerprint density at radius 2 is 2.17 bits per heavy atom. The van der Waals surface area contributed by atoms with Crippen molar-refractivity contribution in [3.63, 3.8) is 0 Å². The standard InChI is InChI=1S/C12H9BrFNO2S/c13-11-4-2-8(18-11)6-17-12(16)9-3-1-7(14)5-10(9)15/h1-5H,6,15H2. The average Bonchev–Trinajstić information content (AvgIpc) is 2.72. The van der Waals surface area contributed by atoms with Crippen molar-refractivity contribution in [2.75, 3.05) is 5.73 Å². The number of nitrogens with two attached hydrogens (primary N) is 1. The number of carbonyl (C=O) groups excluding carboxylic acids is 1. The molecule has 3 nitrogen and oxygen atoms in total. The second kappa shape index (κ2) is 5.49. The molecule has 0 atom stereocenters. The summed E-state index contributed by atoms with van der Waals surface area (Å²) in [6.07, 6.45) is 0. The second-order valence-corrected chi connectivity index (χ2v) is 6.06. The summed E-state index contributed by atoms with van der Waals surface area (Å²) in [5.41, 5.74) is 5.80. The number of hydrogen-bond acceptors (Lipinski definition) is 4. The predicted molar refractivity (Wildman–Crippen MR) is 72.0 cm³/mol. The molecule has 0 radical (unpaired) electrons. The van der Waals surface area contributed by atoms with Crippen LogP contribution in [0.3, 0.4) is 0 Å². The highest BCUT2D eigenvalue weighted by Gasteiger charge is 2.12. The summed E-state index contributed by atoms with van der Waals surface area (Å²) < 4.78 is 18.9. The lowest BCUT2D eigenvalue weighted by molar-refractivity contribution is 0.0478. The van der Waals surface area contributed by atoms with Crippen molar-refractivity contribution in [2.45, 2.75) is 6.61 Å². The van der Waals surface area contributed by atoms with E-state index in [4.69, 9.17) is 10.5 Å². The summed E-state index contributed by atoms with van der Waals surface area (Å²) >= 11 is 4.80. The molecule has 0 amide bonds. The van der Waals surface area contributed by atoms with E-state index in [2.05, 4.69) is 15.9 Å².